The molecule has 2 N–H and O–H groups in total. The molecule has 3 rings (SSSR count). The molecule has 0 saturated carbocycles. The van der Waals surface area contributed by atoms with E-state index in [1.165, 1.54) is 42.5 Å². The lowest BCUT2D eigenvalue weighted by atomic mass is 10.1. The van der Waals surface area contributed by atoms with E-state index in [1.807, 2.05) is 0 Å². The molecule has 2 amide bonds. The lowest BCUT2D eigenvalue weighted by Gasteiger charge is -2.33. The molecule has 0 radical (unpaired) electrons. The molecule has 2 aromatic carbocycles. The number of non-ortho nitro benzene ring substituents is 1. The molecule has 10 nitrogen and oxygen atoms in total. The summed E-state index contributed by atoms with van der Waals surface area (Å²) < 4.78 is 5.59. The third-order valence-electron chi connectivity index (χ3n) is 4.34. The number of carbonyl (C=O) groups is 3. The van der Waals surface area contributed by atoms with Crippen molar-refractivity contribution in [2.45, 2.75) is 19.4 Å². The van der Waals surface area contributed by atoms with Gasteiger partial charge in [0.15, 0.2) is 6.10 Å². The van der Waals surface area contributed by atoms with Crippen LogP contribution in [0.25, 0.3) is 0 Å². The number of nitrogens with zero attached hydrogens (tertiary/aromatic N) is 2. The van der Waals surface area contributed by atoms with E-state index < -0.39 is 28.8 Å². The first-order valence-corrected chi connectivity index (χ1v) is 8.69. The molecule has 1 heterocycles. The van der Waals surface area contributed by atoms with Crippen LogP contribution >= 0.6 is 0 Å². The van der Waals surface area contributed by atoms with Gasteiger partial charge in [-0.2, -0.15) is 0 Å². The third-order valence-corrected chi connectivity index (χ3v) is 4.34. The van der Waals surface area contributed by atoms with E-state index in [4.69, 9.17) is 9.84 Å². The van der Waals surface area contributed by atoms with Crippen LogP contribution in [-0.2, 0) is 9.59 Å². The number of amides is 2. The number of aromatic carboxylic acids is 1. The fourth-order valence-electron chi connectivity index (χ4n) is 2.89. The van der Waals surface area contributed by atoms with Crippen molar-refractivity contribution >= 4 is 34.8 Å². The van der Waals surface area contributed by atoms with Crippen LogP contribution in [0.2, 0.25) is 0 Å². The number of carboxylic acids is 1. The van der Waals surface area contributed by atoms with Crippen molar-refractivity contribution in [1.29, 1.82) is 0 Å². The molecule has 1 atom stereocenters. The van der Waals surface area contributed by atoms with Crippen molar-refractivity contribution in [1.82, 2.24) is 0 Å². The molecule has 29 heavy (non-hydrogen) atoms. The van der Waals surface area contributed by atoms with Crippen LogP contribution in [-0.4, -0.2) is 40.5 Å². The standard InChI is InChI=1S/C19H17N3O7/c1-2-15-18(24)21(14-9-13(22(27)28)7-8-16(14)29-15)10-17(23)20-12-5-3-11(4-6-12)19(25)26/h3-9,15H,2,10H2,1H3,(H,20,23)(H,25,26). The van der Waals surface area contributed by atoms with Gasteiger partial charge in [-0.05, 0) is 36.8 Å². The maximum absolute atomic E-state index is 12.7. The van der Waals surface area contributed by atoms with Crippen LogP contribution in [0.15, 0.2) is 42.5 Å². The minimum atomic E-state index is -1.09. The van der Waals surface area contributed by atoms with Gasteiger partial charge in [-0.3, -0.25) is 24.6 Å². The SMILES string of the molecule is CCC1Oc2ccc([N+](=O)[O-])cc2N(CC(=O)Nc2ccc(C(=O)O)cc2)C1=O. The highest BCUT2D eigenvalue weighted by Gasteiger charge is 2.35. The Labute approximate surface area is 164 Å². The molecular formula is C19H17N3O7. The second-order valence-corrected chi connectivity index (χ2v) is 6.28. The number of hydrogen-bond donors (Lipinski definition) is 2. The molecule has 0 spiro atoms. The number of nitro benzene ring substituents is 1. The first-order valence-electron chi connectivity index (χ1n) is 8.69. The smallest absolute Gasteiger partial charge is 0.335 e. The number of ether oxygens (including phenoxy) is 1. The van der Waals surface area contributed by atoms with Gasteiger partial charge in [0.05, 0.1) is 16.2 Å². The molecule has 1 unspecified atom stereocenters. The first-order chi connectivity index (χ1) is 13.8. The number of hydrogen-bond acceptors (Lipinski definition) is 6. The summed E-state index contributed by atoms with van der Waals surface area (Å²) in [5.74, 6) is -1.83. The van der Waals surface area contributed by atoms with Gasteiger partial charge in [-0.25, -0.2) is 4.79 Å². The van der Waals surface area contributed by atoms with E-state index in [0.29, 0.717) is 12.1 Å². The first kappa shape index (κ1) is 19.8. The summed E-state index contributed by atoms with van der Waals surface area (Å²) in [5.41, 5.74) is 0.334. The van der Waals surface area contributed by atoms with Crippen LogP contribution in [0, 0.1) is 10.1 Å². The molecule has 1 aliphatic rings. The van der Waals surface area contributed by atoms with Gasteiger partial charge < -0.3 is 15.2 Å². The average Bonchev–Trinajstić information content (AvgIpc) is 2.69. The normalized spacial score (nSPS) is 15.3. The van der Waals surface area contributed by atoms with Crippen LogP contribution in [0.1, 0.15) is 23.7 Å². The van der Waals surface area contributed by atoms with Gasteiger partial charge in [0.2, 0.25) is 5.91 Å². The van der Waals surface area contributed by atoms with E-state index >= 15 is 0 Å². The summed E-state index contributed by atoms with van der Waals surface area (Å²) in [6, 6.07) is 9.38. The molecular weight excluding hydrogens is 382 g/mol. The van der Waals surface area contributed by atoms with Crippen molar-refractivity contribution in [3.63, 3.8) is 0 Å². The van der Waals surface area contributed by atoms with E-state index in [9.17, 15) is 24.5 Å². The molecule has 0 bridgehead atoms. The number of anilines is 2. The van der Waals surface area contributed by atoms with E-state index in [0.717, 1.165) is 4.90 Å². The molecule has 0 fully saturated rings. The molecule has 1 aliphatic heterocycles. The number of nitro groups is 1. The van der Waals surface area contributed by atoms with Gasteiger partial charge in [-0.1, -0.05) is 6.92 Å². The third kappa shape index (κ3) is 4.15. The van der Waals surface area contributed by atoms with E-state index in [-0.39, 0.29) is 29.2 Å². The van der Waals surface area contributed by atoms with Gasteiger partial charge in [-0.15, -0.1) is 0 Å². The highest BCUT2D eigenvalue weighted by Crippen LogP contribution is 2.37. The molecule has 2 aromatic rings. The zero-order valence-electron chi connectivity index (χ0n) is 15.3. The van der Waals surface area contributed by atoms with Crippen LogP contribution < -0.4 is 15.0 Å². The topological polar surface area (TPSA) is 139 Å². The van der Waals surface area contributed by atoms with Crippen LogP contribution in [0.4, 0.5) is 17.1 Å². The Kier molecular flexibility index (Phi) is 5.44. The average molecular weight is 399 g/mol. The molecule has 150 valence electrons. The number of carbonyl (C=O) groups excluding carboxylic acids is 2. The summed E-state index contributed by atoms with van der Waals surface area (Å²) in [7, 11) is 0. The monoisotopic (exact) mass is 399 g/mol. The largest absolute Gasteiger partial charge is 0.478 e. The Bertz CT molecular complexity index is 988. The van der Waals surface area contributed by atoms with Crippen LogP contribution in [0.5, 0.6) is 5.75 Å². The summed E-state index contributed by atoms with van der Waals surface area (Å²) in [5, 5.41) is 22.6. The maximum atomic E-state index is 12.7. The van der Waals surface area contributed by atoms with Gasteiger partial charge >= 0.3 is 5.97 Å². The molecule has 0 aromatic heterocycles. The second-order valence-electron chi connectivity index (χ2n) is 6.28. The predicted molar refractivity (Wildman–Crippen MR) is 102 cm³/mol. The number of carboxylic acid groups (broad SMARTS) is 1. The van der Waals surface area contributed by atoms with Gasteiger partial charge in [0.25, 0.3) is 11.6 Å². The lowest BCUT2D eigenvalue weighted by molar-refractivity contribution is -0.384. The van der Waals surface area contributed by atoms with Crippen LogP contribution in [0.3, 0.4) is 0 Å². The van der Waals surface area contributed by atoms with Gasteiger partial charge in [0.1, 0.15) is 12.3 Å². The summed E-state index contributed by atoms with van der Waals surface area (Å²) in [4.78, 5) is 47.7. The highest BCUT2D eigenvalue weighted by atomic mass is 16.6. The molecule has 0 aliphatic carbocycles. The number of nitrogens with one attached hydrogen (secondary N) is 1. The van der Waals surface area contributed by atoms with E-state index in [1.54, 1.807) is 6.92 Å². The van der Waals surface area contributed by atoms with E-state index in [2.05, 4.69) is 5.32 Å². The number of fused-ring (bicyclic) bond motifs is 1. The van der Waals surface area contributed by atoms with Crippen molar-refractivity contribution in [3.8, 4) is 5.75 Å². The minimum Gasteiger partial charge on any atom is -0.478 e. The van der Waals surface area contributed by atoms with Gasteiger partial charge in [0, 0.05) is 17.8 Å². The highest BCUT2D eigenvalue weighted by molar-refractivity contribution is 6.06. The predicted octanol–water partition coefficient (Wildman–Crippen LogP) is 2.44. The second kappa shape index (κ2) is 7.97. The molecule has 0 saturated heterocycles. The fraction of sp³-hybridized carbons (Fsp3) is 0.211. The quantitative estimate of drug-likeness (QED) is 0.562. The summed E-state index contributed by atoms with van der Waals surface area (Å²) >= 11 is 0. The Hall–Kier alpha value is -3.95. The van der Waals surface area contributed by atoms with Crippen molar-refractivity contribution in [3.05, 3.63) is 58.1 Å². The molecule has 10 heteroatoms. The maximum Gasteiger partial charge on any atom is 0.335 e. The fourth-order valence-corrected chi connectivity index (χ4v) is 2.89. The Morgan fingerprint density at radius 3 is 2.52 bits per heavy atom. The van der Waals surface area contributed by atoms with Crippen molar-refractivity contribution in [2.24, 2.45) is 0 Å². The minimum absolute atomic E-state index is 0.0679. The summed E-state index contributed by atoms with van der Waals surface area (Å²) in [6.45, 7) is 1.37. The Morgan fingerprint density at radius 1 is 1.24 bits per heavy atom. The summed E-state index contributed by atoms with van der Waals surface area (Å²) in [6.07, 6.45) is -0.434. The Balaban J connectivity index is 1.83. The number of rotatable bonds is 6. The zero-order valence-corrected chi connectivity index (χ0v) is 15.3. The number of benzene rings is 2. The Morgan fingerprint density at radius 2 is 1.93 bits per heavy atom. The van der Waals surface area contributed by atoms with Crippen molar-refractivity contribution in [2.75, 3.05) is 16.8 Å². The van der Waals surface area contributed by atoms with Crippen molar-refractivity contribution < 1.29 is 29.2 Å². The lowest BCUT2D eigenvalue weighted by Crippen LogP contribution is -2.48. The zero-order chi connectivity index (χ0) is 21.1.